The van der Waals surface area contributed by atoms with Gasteiger partial charge < -0.3 is 25.2 Å². The van der Waals surface area contributed by atoms with E-state index in [1.54, 1.807) is 6.07 Å². The predicted molar refractivity (Wildman–Crippen MR) is 105 cm³/mol. The summed E-state index contributed by atoms with van der Waals surface area (Å²) in [5.74, 6) is -0.324. The third-order valence-electron chi connectivity index (χ3n) is 6.39. The highest BCUT2D eigenvalue weighted by atomic mass is 19.1. The Balaban J connectivity index is 1.69. The van der Waals surface area contributed by atoms with Gasteiger partial charge in [-0.15, -0.1) is 0 Å². The molecule has 0 bridgehead atoms. The number of aliphatic hydroxyl groups is 4. The molecule has 2 aromatic carbocycles. The highest BCUT2D eigenvalue weighted by Crippen LogP contribution is 2.54. The van der Waals surface area contributed by atoms with Crippen LogP contribution in [-0.2, 0) is 16.6 Å². The molecular weight excluding hydrogens is 375 g/mol. The molecule has 29 heavy (non-hydrogen) atoms. The second kappa shape index (κ2) is 7.78. The van der Waals surface area contributed by atoms with E-state index in [-0.39, 0.29) is 5.82 Å². The summed E-state index contributed by atoms with van der Waals surface area (Å²) in [6.07, 6.45) is -3.64. The Bertz CT molecular complexity index is 862. The number of hydrogen-bond donors (Lipinski definition) is 4. The largest absolute Gasteiger partial charge is 0.394 e. The molecule has 0 aromatic heterocycles. The molecule has 0 radical (unpaired) electrons. The van der Waals surface area contributed by atoms with Crippen molar-refractivity contribution in [2.75, 3.05) is 6.61 Å². The normalized spacial score (nSPS) is 30.9. The number of ether oxygens (including phenoxy) is 1. The van der Waals surface area contributed by atoms with Gasteiger partial charge in [0.25, 0.3) is 0 Å². The van der Waals surface area contributed by atoms with Crippen LogP contribution in [0.1, 0.15) is 48.1 Å². The Morgan fingerprint density at radius 2 is 1.69 bits per heavy atom. The second-order valence-corrected chi connectivity index (χ2v) is 8.12. The molecule has 6 heteroatoms. The highest BCUT2D eigenvalue weighted by Gasteiger charge is 2.49. The molecule has 1 aliphatic carbocycles. The Kier molecular flexibility index (Phi) is 5.48. The first-order valence-electron chi connectivity index (χ1n) is 10.1. The average molecular weight is 402 g/mol. The van der Waals surface area contributed by atoms with Gasteiger partial charge in [0.1, 0.15) is 36.3 Å². The van der Waals surface area contributed by atoms with Gasteiger partial charge in [-0.3, -0.25) is 0 Å². The van der Waals surface area contributed by atoms with Crippen molar-refractivity contribution in [1.82, 2.24) is 0 Å². The van der Waals surface area contributed by atoms with Crippen LogP contribution in [0.15, 0.2) is 42.5 Å². The van der Waals surface area contributed by atoms with Crippen LogP contribution in [0.2, 0.25) is 0 Å². The Labute approximate surface area is 169 Å². The molecule has 1 heterocycles. The van der Waals surface area contributed by atoms with Crippen LogP contribution in [0.4, 0.5) is 4.39 Å². The summed E-state index contributed by atoms with van der Waals surface area (Å²) in [7, 11) is 0. The van der Waals surface area contributed by atoms with Crippen molar-refractivity contribution in [3.8, 4) is 0 Å². The fourth-order valence-corrected chi connectivity index (χ4v) is 4.36. The van der Waals surface area contributed by atoms with Crippen LogP contribution in [-0.4, -0.2) is 51.4 Å². The third kappa shape index (κ3) is 3.49. The van der Waals surface area contributed by atoms with Crippen LogP contribution < -0.4 is 0 Å². The molecule has 1 saturated heterocycles. The molecule has 1 saturated carbocycles. The number of hydrogen-bond acceptors (Lipinski definition) is 5. The van der Waals surface area contributed by atoms with Crippen LogP contribution in [0, 0.1) is 5.82 Å². The second-order valence-electron chi connectivity index (χ2n) is 8.12. The van der Waals surface area contributed by atoms with Gasteiger partial charge >= 0.3 is 0 Å². The maximum atomic E-state index is 14.8. The SMILES string of the molecule is CCc1ccc(C2(c3cc([C@@H]4O[C@H](CO)[C@@H](O)[C@H](O)[C@H]4O)ccc3F)CC2)cc1. The summed E-state index contributed by atoms with van der Waals surface area (Å²) in [4.78, 5) is 0. The van der Waals surface area contributed by atoms with E-state index >= 15 is 0 Å². The Morgan fingerprint density at radius 1 is 1.00 bits per heavy atom. The molecule has 0 amide bonds. The summed E-state index contributed by atoms with van der Waals surface area (Å²) < 4.78 is 20.5. The quantitative estimate of drug-likeness (QED) is 0.614. The molecule has 1 aliphatic heterocycles. The molecule has 2 aromatic rings. The molecule has 156 valence electrons. The molecule has 4 N–H and O–H groups in total. The number of aliphatic hydroxyl groups excluding tert-OH is 4. The van der Waals surface area contributed by atoms with Crippen LogP contribution in [0.25, 0.3) is 0 Å². The monoisotopic (exact) mass is 402 g/mol. The van der Waals surface area contributed by atoms with E-state index in [0.717, 1.165) is 24.8 Å². The minimum atomic E-state index is -1.46. The minimum Gasteiger partial charge on any atom is -0.394 e. The Hall–Kier alpha value is -1.83. The first kappa shape index (κ1) is 20.4. The fourth-order valence-electron chi connectivity index (χ4n) is 4.36. The molecule has 0 unspecified atom stereocenters. The maximum Gasteiger partial charge on any atom is 0.127 e. The number of aryl methyl sites for hydroxylation is 1. The van der Waals surface area contributed by atoms with E-state index in [4.69, 9.17) is 4.74 Å². The summed E-state index contributed by atoms with van der Waals surface area (Å²) in [6, 6.07) is 12.8. The van der Waals surface area contributed by atoms with Gasteiger partial charge in [0, 0.05) is 5.41 Å². The lowest BCUT2D eigenvalue weighted by Gasteiger charge is -2.40. The van der Waals surface area contributed by atoms with Gasteiger partial charge in [-0.1, -0.05) is 37.3 Å². The van der Waals surface area contributed by atoms with E-state index < -0.39 is 42.5 Å². The van der Waals surface area contributed by atoms with Crippen molar-refractivity contribution < 1.29 is 29.6 Å². The van der Waals surface area contributed by atoms with Crippen molar-refractivity contribution >= 4 is 0 Å². The standard InChI is InChI=1S/C23H27FO5/c1-2-13-3-6-15(7-4-13)23(9-10-23)16-11-14(5-8-17(16)24)22-21(28)20(27)19(26)18(12-25)29-22/h3-8,11,18-22,25-28H,2,9-10,12H2,1H3/t18-,19-,20+,21-,22+/m1/s1. The van der Waals surface area contributed by atoms with Crippen molar-refractivity contribution in [1.29, 1.82) is 0 Å². The highest BCUT2D eigenvalue weighted by molar-refractivity contribution is 5.48. The van der Waals surface area contributed by atoms with E-state index in [1.807, 2.05) is 12.1 Å². The van der Waals surface area contributed by atoms with Crippen molar-refractivity contribution in [3.05, 3.63) is 70.5 Å². The van der Waals surface area contributed by atoms with Gasteiger partial charge in [0.15, 0.2) is 0 Å². The van der Waals surface area contributed by atoms with Crippen LogP contribution in [0.3, 0.4) is 0 Å². The van der Waals surface area contributed by atoms with Gasteiger partial charge in [0.2, 0.25) is 0 Å². The lowest BCUT2D eigenvalue weighted by atomic mass is 9.84. The van der Waals surface area contributed by atoms with Gasteiger partial charge in [-0.05, 0) is 53.6 Å². The predicted octanol–water partition coefficient (Wildman–Crippen LogP) is 1.98. The maximum absolute atomic E-state index is 14.8. The summed E-state index contributed by atoms with van der Waals surface area (Å²) in [5, 5.41) is 39.9. The number of halogens is 1. The fraction of sp³-hybridized carbons (Fsp3) is 0.478. The minimum absolute atomic E-state index is 0.324. The van der Waals surface area contributed by atoms with Crippen LogP contribution in [0.5, 0.6) is 0 Å². The lowest BCUT2D eigenvalue weighted by Crippen LogP contribution is -2.55. The Morgan fingerprint density at radius 3 is 2.28 bits per heavy atom. The molecular formula is C23H27FO5. The summed E-state index contributed by atoms with van der Waals surface area (Å²) in [6.45, 7) is 1.59. The lowest BCUT2D eigenvalue weighted by molar-refractivity contribution is -0.231. The van der Waals surface area contributed by atoms with Crippen molar-refractivity contribution in [3.63, 3.8) is 0 Å². The molecule has 5 nitrogen and oxygen atoms in total. The summed E-state index contributed by atoms with van der Waals surface area (Å²) in [5.41, 5.74) is 2.92. The van der Waals surface area contributed by atoms with Crippen molar-refractivity contribution in [2.24, 2.45) is 0 Å². The zero-order valence-corrected chi connectivity index (χ0v) is 16.3. The smallest absolute Gasteiger partial charge is 0.127 e. The number of benzene rings is 2. The zero-order chi connectivity index (χ0) is 20.8. The van der Waals surface area contributed by atoms with Gasteiger partial charge in [-0.25, -0.2) is 4.39 Å². The molecule has 4 rings (SSSR count). The van der Waals surface area contributed by atoms with E-state index in [9.17, 15) is 24.8 Å². The topological polar surface area (TPSA) is 90.2 Å². The first-order chi connectivity index (χ1) is 13.9. The van der Waals surface area contributed by atoms with E-state index in [2.05, 4.69) is 19.1 Å². The zero-order valence-electron chi connectivity index (χ0n) is 16.3. The molecule has 0 spiro atoms. The van der Waals surface area contributed by atoms with Crippen LogP contribution >= 0.6 is 0 Å². The van der Waals surface area contributed by atoms with E-state index in [0.29, 0.717) is 11.1 Å². The summed E-state index contributed by atoms with van der Waals surface area (Å²) >= 11 is 0. The number of rotatable bonds is 5. The van der Waals surface area contributed by atoms with Gasteiger partial charge in [0.05, 0.1) is 6.61 Å². The molecule has 2 fully saturated rings. The molecule has 5 atom stereocenters. The average Bonchev–Trinajstić information content (AvgIpc) is 3.55. The van der Waals surface area contributed by atoms with E-state index in [1.165, 1.54) is 17.7 Å². The van der Waals surface area contributed by atoms with Crippen molar-refractivity contribution in [2.45, 2.75) is 62.1 Å². The molecule has 2 aliphatic rings. The van der Waals surface area contributed by atoms with Gasteiger partial charge in [-0.2, -0.15) is 0 Å². The first-order valence-corrected chi connectivity index (χ1v) is 10.1. The third-order valence-corrected chi connectivity index (χ3v) is 6.39.